The molecule has 17 heavy (non-hydrogen) atoms. The van der Waals surface area contributed by atoms with Gasteiger partial charge in [-0.1, -0.05) is 27.2 Å². The second-order valence-corrected chi connectivity index (χ2v) is 5.50. The van der Waals surface area contributed by atoms with Crippen molar-refractivity contribution in [1.29, 1.82) is 0 Å². The van der Waals surface area contributed by atoms with Crippen molar-refractivity contribution in [2.24, 2.45) is 5.92 Å². The fourth-order valence-electron chi connectivity index (χ4n) is 2.49. The number of nitrogens with one attached hydrogen (secondary N) is 1. The Morgan fingerprint density at radius 2 is 2.24 bits per heavy atom. The first-order chi connectivity index (χ1) is 8.13. The minimum absolute atomic E-state index is 0.356. The molecule has 0 radical (unpaired) electrons. The molecule has 1 rings (SSSR count). The second-order valence-electron chi connectivity index (χ2n) is 5.50. The highest BCUT2D eigenvalue weighted by atomic mass is 16.2. The molecular formula is C14H28N2O. The number of nitrogens with zero attached hydrogens (tertiary/aromatic N) is 1. The van der Waals surface area contributed by atoms with E-state index in [1.54, 1.807) is 0 Å². The highest BCUT2D eigenvalue weighted by Crippen LogP contribution is 2.21. The minimum atomic E-state index is 0.356. The first-order valence-electron chi connectivity index (χ1n) is 7.14. The zero-order chi connectivity index (χ0) is 12.7. The molecule has 3 nitrogen and oxygen atoms in total. The molecule has 1 N–H and O–H groups in total. The summed E-state index contributed by atoms with van der Waals surface area (Å²) >= 11 is 0. The molecule has 1 atom stereocenters. The molecule has 1 saturated heterocycles. The van der Waals surface area contributed by atoms with E-state index in [4.69, 9.17) is 0 Å². The molecular weight excluding hydrogens is 212 g/mol. The molecule has 0 spiro atoms. The Morgan fingerprint density at radius 1 is 1.47 bits per heavy atom. The number of hydrogen-bond acceptors (Lipinski definition) is 2. The number of hydrogen-bond donors (Lipinski definition) is 1. The van der Waals surface area contributed by atoms with Crippen LogP contribution >= 0.6 is 0 Å². The molecule has 1 fully saturated rings. The van der Waals surface area contributed by atoms with Gasteiger partial charge in [-0.2, -0.15) is 0 Å². The van der Waals surface area contributed by atoms with Crippen molar-refractivity contribution in [3.8, 4) is 0 Å². The van der Waals surface area contributed by atoms with Gasteiger partial charge in [0.2, 0.25) is 5.91 Å². The number of amides is 1. The van der Waals surface area contributed by atoms with Crippen LogP contribution in [0.4, 0.5) is 0 Å². The molecule has 0 aromatic heterocycles. The summed E-state index contributed by atoms with van der Waals surface area (Å²) in [5.41, 5.74) is 0. The summed E-state index contributed by atoms with van der Waals surface area (Å²) in [5.74, 6) is 1.12. The largest absolute Gasteiger partial charge is 0.342 e. The van der Waals surface area contributed by atoms with E-state index in [2.05, 4.69) is 31.0 Å². The summed E-state index contributed by atoms with van der Waals surface area (Å²) in [7, 11) is 0. The highest BCUT2D eigenvalue weighted by Gasteiger charge is 2.24. The molecule has 1 unspecified atom stereocenters. The van der Waals surface area contributed by atoms with E-state index in [1.165, 1.54) is 19.3 Å². The Balaban J connectivity index is 2.12. The average Bonchev–Trinajstić information content (AvgIpc) is 2.73. The van der Waals surface area contributed by atoms with E-state index in [-0.39, 0.29) is 0 Å². The lowest BCUT2D eigenvalue weighted by atomic mass is 10.0. The van der Waals surface area contributed by atoms with E-state index in [0.29, 0.717) is 18.4 Å². The van der Waals surface area contributed by atoms with Crippen molar-refractivity contribution in [2.45, 2.75) is 58.9 Å². The van der Waals surface area contributed by atoms with E-state index < -0.39 is 0 Å². The summed E-state index contributed by atoms with van der Waals surface area (Å²) in [6.45, 7) is 9.44. The van der Waals surface area contributed by atoms with Crippen LogP contribution in [-0.2, 0) is 4.79 Å². The minimum Gasteiger partial charge on any atom is -0.342 e. The van der Waals surface area contributed by atoms with Gasteiger partial charge in [-0.25, -0.2) is 0 Å². The maximum Gasteiger partial charge on any atom is 0.222 e. The Kier molecular flexibility index (Phi) is 6.56. The van der Waals surface area contributed by atoms with Crippen LogP contribution < -0.4 is 5.32 Å². The third-order valence-corrected chi connectivity index (χ3v) is 3.46. The zero-order valence-corrected chi connectivity index (χ0v) is 11.7. The van der Waals surface area contributed by atoms with Gasteiger partial charge in [0.05, 0.1) is 0 Å². The van der Waals surface area contributed by atoms with Crippen molar-refractivity contribution in [2.75, 3.05) is 19.6 Å². The summed E-state index contributed by atoms with van der Waals surface area (Å²) in [6.07, 6.45) is 5.40. The molecule has 0 bridgehead atoms. The molecule has 0 saturated carbocycles. The smallest absolute Gasteiger partial charge is 0.222 e. The number of rotatable bonds is 7. The van der Waals surface area contributed by atoms with Gasteiger partial charge in [0.1, 0.15) is 0 Å². The van der Waals surface area contributed by atoms with Gasteiger partial charge < -0.3 is 10.2 Å². The lowest BCUT2D eigenvalue weighted by molar-refractivity contribution is -0.130. The summed E-state index contributed by atoms with van der Waals surface area (Å²) in [4.78, 5) is 14.0. The van der Waals surface area contributed by atoms with Gasteiger partial charge >= 0.3 is 0 Å². The van der Waals surface area contributed by atoms with Gasteiger partial charge in [-0.3, -0.25) is 4.79 Å². The van der Waals surface area contributed by atoms with E-state index >= 15 is 0 Å². The Bertz CT molecular complexity index is 228. The van der Waals surface area contributed by atoms with Crippen LogP contribution in [-0.4, -0.2) is 36.5 Å². The van der Waals surface area contributed by atoms with Gasteiger partial charge in [-0.05, 0) is 31.7 Å². The Morgan fingerprint density at radius 3 is 2.88 bits per heavy atom. The molecule has 3 heteroatoms. The van der Waals surface area contributed by atoms with Crippen LogP contribution in [0.5, 0.6) is 0 Å². The first-order valence-corrected chi connectivity index (χ1v) is 7.14. The first kappa shape index (κ1) is 14.5. The predicted octanol–water partition coefficient (Wildman–Crippen LogP) is 2.41. The van der Waals surface area contributed by atoms with E-state index in [9.17, 15) is 4.79 Å². The molecule has 0 aliphatic carbocycles. The van der Waals surface area contributed by atoms with Gasteiger partial charge in [0.25, 0.3) is 0 Å². The monoisotopic (exact) mass is 240 g/mol. The van der Waals surface area contributed by atoms with E-state index in [0.717, 1.165) is 32.0 Å². The second kappa shape index (κ2) is 7.70. The van der Waals surface area contributed by atoms with Crippen LogP contribution in [0.3, 0.4) is 0 Å². The third-order valence-electron chi connectivity index (χ3n) is 3.46. The molecule has 0 aromatic carbocycles. The van der Waals surface area contributed by atoms with Crippen LogP contribution in [0, 0.1) is 5.92 Å². The van der Waals surface area contributed by atoms with Crippen molar-refractivity contribution in [3.63, 3.8) is 0 Å². The number of likely N-dealkylation sites (tertiary alicyclic amines) is 1. The third kappa shape index (κ3) is 5.53. The summed E-state index contributed by atoms with van der Waals surface area (Å²) < 4.78 is 0. The van der Waals surface area contributed by atoms with Crippen LogP contribution in [0.25, 0.3) is 0 Å². The quantitative estimate of drug-likeness (QED) is 0.693. The van der Waals surface area contributed by atoms with Crippen molar-refractivity contribution < 1.29 is 4.79 Å². The van der Waals surface area contributed by atoms with Crippen molar-refractivity contribution >= 4 is 5.91 Å². The normalized spacial score (nSPS) is 20.2. The SMILES string of the molecule is CCCC1CCN(C(=O)CCCNC(C)C)C1. The molecule has 1 amide bonds. The predicted molar refractivity (Wildman–Crippen MR) is 72.0 cm³/mol. The molecule has 0 aromatic rings. The van der Waals surface area contributed by atoms with E-state index in [1.807, 2.05) is 0 Å². The molecule has 100 valence electrons. The van der Waals surface area contributed by atoms with Gasteiger partial charge in [0, 0.05) is 25.6 Å². The standard InChI is InChI=1S/C14H28N2O/c1-4-6-13-8-10-16(11-13)14(17)7-5-9-15-12(2)3/h12-13,15H,4-11H2,1-3H3. The van der Waals surface area contributed by atoms with Crippen molar-refractivity contribution in [3.05, 3.63) is 0 Å². The van der Waals surface area contributed by atoms with Crippen LogP contribution in [0.15, 0.2) is 0 Å². The molecule has 1 heterocycles. The Hall–Kier alpha value is -0.570. The Labute approximate surface area is 106 Å². The molecule has 1 aliphatic rings. The summed E-state index contributed by atoms with van der Waals surface area (Å²) in [6, 6.07) is 0.519. The van der Waals surface area contributed by atoms with Crippen LogP contribution in [0.2, 0.25) is 0 Å². The topological polar surface area (TPSA) is 32.3 Å². The average molecular weight is 240 g/mol. The van der Waals surface area contributed by atoms with Gasteiger partial charge in [-0.15, -0.1) is 0 Å². The van der Waals surface area contributed by atoms with Crippen molar-refractivity contribution in [1.82, 2.24) is 10.2 Å². The lowest BCUT2D eigenvalue weighted by Gasteiger charge is -2.16. The molecule has 1 aliphatic heterocycles. The number of carbonyl (C=O) groups is 1. The maximum absolute atomic E-state index is 11.9. The fourth-order valence-corrected chi connectivity index (χ4v) is 2.49. The maximum atomic E-state index is 11.9. The number of carbonyl (C=O) groups excluding carboxylic acids is 1. The lowest BCUT2D eigenvalue weighted by Crippen LogP contribution is -2.30. The van der Waals surface area contributed by atoms with Crippen LogP contribution in [0.1, 0.15) is 52.9 Å². The highest BCUT2D eigenvalue weighted by molar-refractivity contribution is 5.76. The zero-order valence-electron chi connectivity index (χ0n) is 11.7. The summed E-state index contributed by atoms with van der Waals surface area (Å²) in [5, 5.41) is 3.35. The van der Waals surface area contributed by atoms with Gasteiger partial charge in [0.15, 0.2) is 0 Å². The fraction of sp³-hybridized carbons (Fsp3) is 0.929.